The molecule has 0 radical (unpaired) electrons. The summed E-state index contributed by atoms with van der Waals surface area (Å²) >= 11 is 1.83. The third kappa shape index (κ3) is 4.32. The number of benzene rings is 1. The lowest BCUT2D eigenvalue weighted by molar-refractivity contribution is 0.240. The van der Waals surface area contributed by atoms with Crippen LogP contribution in [0.3, 0.4) is 0 Å². The minimum atomic E-state index is -3.44. The predicted octanol–water partition coefficient (Wildman–Crippen LogP) is 3.93. The Morgan fingerprint density at radius 1 is 1.17 bits per heavy atom. The topological polar surface area (TPSA) is 55.2 Å². The number of sulfone groups is 1. The largest absolute Gasteiger partial charge is 0.317 e. The van der Waals surface area contributed by atoms with Crippen molar-refractivity contribution in [3.05, 3.63) is 69.7 Å². The van der Waals surface area contributed by atoms with Gasteiger partial charge >= 0.3 is 0 Å². The molecule has 3 aromatic rings. The normalized spacial score (nSPS) is 15.0. The van der Waals surface area contributed by atoms with Crippen LogP contribution in [0.5, 0.6) is 0 Å². The van der Waals surface area contributed by atoms with Gasteiger partial charge in [-0.3, -0.25) is 4.90 Å². The lowest BCUT2D eigenvalue weighted by Gasteiger charge is -2.27. The summed E-state index contributed by atoms with van der Waals surface area (Å²) < 4.78 is 27.7. The second kappa shape index (κ2) is 8.42. The van der Waals surface area contributed by atoms with E-state index in [2.05, 4.69) is 33.5 Å². The van der Waals surface area contributed by atoms with Gasteiger partial charge in [-0.05, 0) is 49.3 Å². The Morgan fingerprint density at radius 3 is 2.72 bits per heavy atom. The Morgan fingerprint density at radius 2 is 1.97 bits per heavy atom. The Labute approximate surface area is 176 Å². The van der Waals surface area contributed by atoms with Crippen molar-refractivity contribution in [3.8, 4) is 0 Å². The molecule has 0 fully saturated rings. The van der Waals surface area contributed by atoms with E-state index < -0.39 is 15.1 Å². The first-order chi connectivity index (χ1) is 13.9. The van der Waals surface area contributed by atoms with E-state index in [0.717, 1.165) is 31.6 Å². The first-order valence-corrected chi connectivity index (χ1v) is 12.5. The maximum Gasteiger partial charge on any atom is 0.228 e. The number of aryl methyl sites for hydroxylation is 1. The van der Waals surface area contributed by atoms with Crippen molar-refractivity contribution in [1.29, 1.82) is 0 Å². The number of fused-ring (bicyclic) bond motifs is 1. The molecule has 29 heavy (non-hydrogen) atoms. The molecule has 2 aromatic heterocycles. The van der Waals surface area contributed by atoms with Crippen LogP contribution in [0.2, 0.25) is 0 Å². The number of imidazole rings is 1. The van der Waals surface area contributed by atoms with Gasteiger partial charge in [-0.15, -0.1) is 11.3 Å². The Kier molecular flexibility index (Phi) is 5.90. The highest BCUT2D eigenvalue weighted by atomic mass is 32.2. The molecule has 0 saturated heterocycles. The quantitative estimate of drug-likeness (QED) is 0.571. The molecule has 1 aromatic carbocycles. The lowest BCUT2D eigenvalue weighted by atomic mass is 10.1. The SMILES string of the molecule is CC(C)S(=O)(=O)c1ncc(CN2CCc3sccc3C2)n1CCc1ccccc1. The van der Waals surface area contributed by atoms with Gasteiger partial charge in [0.1, 0.15) is 0 Å². The molecule has 0 unspecified atom stereocenters. The average molecular weight is 430 g/mol. The Bertz CT molecular complexity index is 1070. The van der Waals surface area contributed by atoms with Crippen LogP contribution >= 0.6 is 11.3 Å². The van der Waals surface area contributed by atoms with Crippen LogP contribution in [0.4, 0.5) is 0 Å². The average Bonchev–Trinajstić information content (AvgIpc) is 3.34. The van der Waals surface area contributed by atoms with Gasteiger partial charge in [-0.1, -0.05) is 30.3 Å². The molecule has 3 heterocycles. The summed E-state index contributed by atoms with van der Waals surface area (Å²) in [6.45, 7) is 6.66. The highest BCUT2D eigenvalue weighted by Gasteiger charge is 2.27. The van der Waals surface area contributed by atoms with Crippen molar-refractivity contribution >= 4 is 21.2 Å². The van der Waals surface area contributed by atoms with Crippen LogP contribution in [0, 0.1) is 0 Å². The van der Waals surface area contributed by atoms with Gasteiger partial charge in [-0.2, -0.15) is 0 Å². The molecule has 0 aliphatic carbocycles. The number of rotatable bonds is 7. The standard InChI is InChI=1S/C22H27N3O2S2/c1-17(2)29(26,27)22-23-14-20(25(22)12-8-18-6-4-3-5-7-18)16-24-11-9-21-19(15-24)10-13-28-21/h3-7,10,13-14,17H,8-9,11-12,15-16H2,1-2H3. The Balaban J connectivity index is 1.60. The van der Waals surface area contributed by atoms with E-state index in [9.17, 15) is 8.42 Å². The fourth-order valence-corrected chi connectivity index (χ4v) is 5.78. The lowest BCUT2D eigenvalue weighted by Crippen LogP contribution is -2.30. The molecule has 0 bridgehead atoms. The van der Waals surface area contributed by atoms with E-state index in [0.29, 0.717) is 13.1 Å². The summed E-state index contributed by atoms with van der Waals surface area (Å²) in [5.41, 5.74) is 3.56. The van der Waals surface area contributed by atoms with Crippen LogP contribution < -0.4 is 0 Å². The molecule has 1 aliphatic rings. The maximum absolute atomic E-state index is 12.9. The smallest absolute Gasteiger partial charge is 0.228 e. The van der Waals surface area contributed by atoms with Gasteiger partial charge in [0.25, 0.3) is 0 Å². The summed E-state index contributed by atoms with van der Waals surface area (Å²) in [5.74, 6) is 0. The molecule has 0 spiro atoms. The van der Waals surface area contributed by atoms with Gasteiger partial charge in [-0.25, -0.2) is 13.4 Å². The molecule has 0 atom stereocenters. The van der Waals surface area contributed by atoms with Gasteiger partial charge in [0.2, 0.25) is 15.0 Å². The third-order valence-electron chi connectivity index (χ3n) is 5.52. The van der Waals surface area contributed by atoms with Crippen LogP contribution in [0.25, 0.3) is 0 Å². The van der Waals surface area contributed by atoms with Crippen LogP contribution in [0.15, 0.2) is 53.1 Å². The second-order valence-corrected chi connectivity index (χ2v) is 11.2. The van der Waals surface area contributed by atoms with Crippen molar-refractivity contribution in [3.63, 3.8) is 0 Å². The zero-order valence-corrected chi connectivity index (χ0v) is 18.5. The van der Waals surface area contributed by atoms with E-state index >= 15 is 0 Å². The molecule has 0 amide bonds. The highest BCUT2D eigenvalue weighted by Crippen LogP contribution is 2.26. The van der Waals surface area contributed by atoms with Gasteiger partial charge < -0.3 is 4.57 Å². The monoisotopic (exact) mass is 429 g/mol. The van der Waals surface area contributed by atoms with Gasteiger partial charge in [0.15, 0.2) is 0 Å². The summed E-state index contributed by atoms with van der Waals surface area (Å²) in [7, 11) is -3.44. The van der Waals surface area contributed by atoms with Crippen molar-refractivity contribution in [1.82, 2.24) is 14.5 Å². The molecule has 1 aliphatic heterocycles. The molecule has 4 rings (SSSR count). The van der Waals surface area contributed by atoms with E-state index in [1.165, 1.54) is 16.0 Å². The molecule has 154 valence electrons. The molecular formula is C22H27N3O2S2. The number of aromatic nitrogens is 2. The first kappa shape index (κ1) is 20.3. The highest BCUT2D eigenvalue weighted by molar-refractivity contribution is 7.91. The molecule has 7 heteroatoms. The van der Waals surface area contributed by atoms with Crippen molar-refractivity contribution in [2.24, 2.45) is 0 Å². The van der Waals surface area contributed by atoms with Crippen molar-refractivity contribution < 1.29 is 8.42 Å². The van der Waals surface area contributed by atoms with Crippen LogP contribution in [-0.2, 0) is 42.3 Å². The van der Waals surface area contributed by atoms with Crippen molar-refractivity contribution in [2.45, 2.75) is 56.7 Å². The van der Waals surface area contributed by atoms with Gasteiger partial charge in [0.05, 0.1) is 17.1 Å². The fourth-order valence-electron chi connectivity index (χ4n) is 3.75. The van der Waals surface area contributed by atoms with E-state index in [1.807, 2.05) is 34.1 Å². The summed E-state index contributed by atoms with van der Waals surface area (Å²) in [5, 5.41) is 1.87. The fraction of sp³-hybridized carbons (Fsp3) is 0.409. The summed E-state index contributed by atoms with van der Waals surface area (Å²) in [6, 6.07) is 12.4. The third-order valence-corrected chi connectivity index (χ3v) is 8.61. The molecule has 0 N–H and O–H groups in total. The predicted molar refractivity (Wildman–Crippen MR) is 117 cm³/mol. The van der Waals surface area contributed by atoms with E-state index in [1.54, 1.807) is 20.0 Å². The number of hydrogen-bond acceptors (Lipinski definition) is 5. The summed E-state index contributed by atoms with van der Waals surface area (Å²) in [6.07, 6.45) is 3.59. The number of nitrogens with zero attached hydrogens (tertiary/aromatic N) is 3. The Hall–Kier alpha value is -1.96. The van der Waals surface area contributed by atoms with Crippen molar-refractivity contribution in [2.75, 3.05) is 6.54 Å². The van der Waals surface area contributed by atoms with Gasteiger partial charge in [0, 0.05) is 31.1 Å². The first-order valence-electron chi connectivity index (χ1n) is 10.0. The second-order valence-electron chi connectivity index (χ2n) is 7.84. The summed E-state index contributed by atoms with van der Waals surface area (Å²) in [4.78, 5) is 8.23. The molecule has 0 saturated carbocycles. The number of hydrogen-bond donors (Lipinski definition) is 0. The van der Waals surface area contributed by atoms with Crippen LogP contribution in [-0.4, -0.2) is 34.7 Å². The number of thiophene rings is 1. The zero-order valence-electron chi connectivity index (χ0n) is 16.9. The van der Waals surface area contributed by atoms with E-state index in [4.69, 9.17) is 0 Å². The maximum atomic E-state index is 12.9. The van der Waals surface area contributed by atoms with E-state index in [-0.39, 0.29) is 5.16 Å². The minimum Gasteiger partial charge on any atom is -0.317 e. The zero-order chi connectivity index (χ0) is 20.4. The molecule has 5 nitrogen and oxygen atoms in total. The van der Waals surface area contributed by atoms with Crippen LogP contribution in [0.1, 0.15) is 35.5 Å². The minimum absolute atomic E-state index is 0.201. The molecular weight excluding hydrogens is 402 g/mol.